The molecule has 1 aromatic rings. The van der Waals surface area contributed by atoms with Gasteiger partial charge in [-0.2, -0.15) is 0 Å². The van der Waals surface area contributed by atoms with Gasteiger partial charge >= 0.3 is 0 Å². The second kappa shape index (κ2) is 4.12. The average molecular weight is 235 g/mol. The molecule has 1 rings (SSSR count). The third-order valence-corrected chi connectivity index (χ3v) is 2.21. The number of alkyl halides is 2. The van der Waals surface area contributed by atoms with E-state index in [-0.39, 0.29) is 0 Å². The lowest BCUT2D eigenvalue weighted by Crippen LogP contribution is -1.91. The van der Waals surface area contributed by atoms with Crippen molar-refractivity contribution in [1.29, 1.82) is 0 Å². The van der Waals surface area contributed by atoms with E-state index in [4.69, 9.17) is 0 Å². The normalized spacial score (nSPS) is 13.0. The first-order valence-electron chi connectivity index (χ1n) is 3.23. The van der Waals surface area contributed by atoms with Gasteiger partial charge in [-0.3, -0.25) is 0 Å². The Labute approximate surface area is 79.3 Å². The predicted molar refractivity (Wildman–Crippen MR) is 51.3 cm³/mol. The van der Waals surface area contributed by atoms with Gasteiger partial charge in [0.25, 0.3) is 0 Å². The van der Waals surface area contributed by atoms with E-state index in [1.54, 1.807) is 18.2 Å². The number of benzene rings is 1. The average Bonchev–Trinajstić information content (AvgIpc) is 2.03. The topological polar surface area (TPSA) is 0 Å². The van der Waals surface area contributed by atoms with Crippen LogP contribution in [0.4, 0.5) is 4.39 Å². The first-order valence-corrected chi connectivity index (χ1v) is 4.80. The largest absolute Gasteiger partial charge is 0.241 e. The fourth-order valence-corrected chi connectivity index (χ4v) is 1.42. The van der Waals surface area contributed by atoms with Crippen LogP contribution in [0, 0.1) is 0 Å². The molecule has 0 fully saturated rings. The van der Waals surface area contributed by atoms with Gasteiger partial charge in [0.05, 0.1) is 0 Å². The molecule has 1 aromatic carbocycles. The van der Waals surface area contributed by atoms with Gasteiger partial charge in [0.15, 0.2) is 0 Å². The van der Waals surface area contributed by atoms with Crippen LogP contribution in [-0.4, -0.2) is 5.33 Å². The van der Waals surface area contributed by atoms with Gasteiger partial charge in [-0.15, -0.1) is 12.6 Å². The molecule has 0 aromatic heterocycles. The lowest BCUT2D eigenvalue weighted by atomic mass is 10.1. The van der Waals surface area contributed by atoms with Crippen molar-refractivity contribution in [3.8, 4) is 0 Å². The minimum atomic E-state index is -0.929. The summed E-state index contributed by atoms with van der Waals surface area (Å²) in [6, 6.07) is 7.11. The van der Waals surface area contributed by atoms with Gasteiger partial charge in [-0.05, 0) is 17.7 Å². The van der Waals surface area contributed by atoms with E-state index in [9.17, 15) is 4.39 Å². The van der Waals surface area contributed by atoms with E-state index in [1.165, 1.54) is 0 Å². The molecule has 1 atom stereocenters. The Kier molecular flexibility index (Phi) is 3.40. The summed E-state index contributed by atoms with van der Waals surface area (Å²) in [6.07, 6.45) is -0.929. The Morgan fingerprint density at radius 2 is 2.27 bits per heavy atom. The number of rotatable bonds is 2. The van der Waals surface area contributed by atoms with Crippen LogP contribution in [0.15, 0.2) is 29.2 Å². The van der Waals surface area contributed by atoms with Crippen LogP contribution in [0.25, 0.3) is 0 Å². The Morgan fingerprint density at radius 1 is 1.55 bits per heavy atom. The van der Waals surface area contributed by atoms with E-state index in [0.29, 0.717) is 10.9 Å². The Bertz CT molecular complexity index is 239. The summed E-state index contributed by atoms with van der Waals surface area (Å²) in [5.74, 6) is 0. The molecule has 0 N–H and O–H groups in total. The second-order valence-corrected chi connectivity index (χ2v) is 3.38. The predicted octanol–water partition coefficient (Wildman–Crippen LogP) is 3.38. The third kappa shape index (κ3) is 2.49. The van der Waals surface area contributed by atoms with Gasteiger partial charge in [0.2, 0.25) is 0 Å². The molecule has 0 nitrogen and oxygen atoms in total. The first-order chi connectivity index (χ1) is 5.24. The van der Waals surface area contributed by atoms with Gasteiger partial charge in [-0.1, -0.05) is 28.1 Å². The molecule has 0 radical (unpaired) electrons. The van der Waals surface area contributed by atoms with Crippen molar-refractivity contribution in [3.05, 3.63) is 29.8 Å². The molecule has 0 aliphatic carbocycles. The summed E-state index contributed by atoms with van der Waals surface area (Å²) in [4.78, 5) is 0.797. The van der Waals surface area contributed by atoms with Crippen LogP contribution in [0.1, 0.15) is 11.7 Å². The zero-order valence-electron chi connectivity index (χ0n) is 5.80. The molecule has 0 aliphatic heterocycles. The summed E-state index contributed by atoms with van der Waals surface area (Å²) in [5.41, 5.74) is 0.675. The van der Waals surface area contributed by atoms with Crippen LogP contribution in [0.2, 0.25) is 0 Å². The summed E-state index contributed by atoms with van der Waals surface area (Å²) in [6.45, 7) is 0. The van der Waals surface area contributed by atoms with E-state index in [2.05, 4.69) is 28.6 Å². The van der Waals surface area contributed by atoms with Gasteiger partial charge in [0, 0.05) is 10.2 Å². The highest BCUT2D eigenvalue weighted by Crippen LogP contribution is 2.21. The molecule has 0 aliphatic rings. The molecule has 0 saturated heterocycles. The molecule has 3 heteroatoms. The summed E-state index contributed by atoms with van der Waals surface area (Å²) in [7, 11) is 0. The summed E-state index contributed by atoms with van der Waals surface area (Å²) in [5, 5.41) is 0.338. The zero-order chi connectivity index (χ0) is 8.27. The van der Waals surface area contributed by atoms with Crippen molar-refractivity contribution in [3.63, 3.8) is 0 Å². The minimum absolute atomic E-state index is 0.338. The van der Waals surface area contributed by atoms with Crippen LogP contribution in [-0.2, 0) is 0 Å². The van der Waals surface area contributed by atoms with Gasteiger partial charge in [0.1, 0.15) is 6.17 Å². The first kappa shape index (κ1) is 9.07. The number of hydrogen-bond acceptors (Lipinski definition) is 1. The van der Waals surface area contributed by atoms with Crippen molar-refractivity contribution >= 4 is 28.6 Å². The SMILES string of the molecule is FC(CBr)c1cccc(S)c1. The molecule has 0 saturated carbocycles. The van der Waals surface area contributed by atoms with Gasteiger partial charge < -0.3 is 0 Å². The van der Waals surface area contributed by atoms with Crippen LogP contribution in [0.5, 0.6) is 0 Å². The van der Waals surface area contributed by atoms with E-state index in [1.807, 2.05) is 6.07 Å². The summed E-state index contributed by atoms with van der Waals surface area (Å²) < 4.78 is 13.0. The van der Waals surface area contributed by atoms with Crippen molar-refractivity contribution in [2.45, 2.75) is 11.1 Å². The highest BCUT2D eigenvalue weighted by Gasteiger charge is 2.06. The Hall–Kier alpha value is -0.0200. The fraction of sp³-hybridized carbons (Fsp3) is 0.250. The van der Waals surface area contributed by atoms with Crippen molar-refractivity contribution in [1.82, 2.24) is 0 Å². The highest BCUT2D eigenvalue weighted by atomic mass is 79.9. The maximum atomic E-state index is 13.0. The van der Waals surface area contributed by atoms with Crippen LogP contribution in [0.3, 0.4) is 0 Å². The van der Waals surface area contributed by atoms with Crippen molar-refractivity contribution < 1.29 is 4.39 Å². The second-order valence-electron chi connectivity index (χ2n) is 2.22. The number of hydrogen-bond donors (Lipinski definition) is 1. The van der Waals surface area contributed by atoms with E-state index >= 15 is 0 Å². The summed E-state index contributed by atoms with van der Waals surface area (Å²) >= 11 is 7.18. The Balaban J connectivity index is 2.86. The smallest absolute Gasteiger partial charge is 0.135 e. The molecule has 0 amide bonds. The van der Waals surface area contributed by atoms with Crippen LogP contribution >= 0.6 is 28.6 Å². The maximum Gasteiger partial charge on any atom is 0.135 e. The molecule has 0 bridgehead atoms. The molecule has 0 spiro atoms. The number of thiol groups is 1. The molecular weight excluding hydrogens is 227 g/mol. The van der Waals surface area contributed by atoms with E-state index < -0.39 is 6.17 Å². The third-order valence-electron chi connectivity index (χ3n) is 1.37. The molecule has 11 heavy (non-hydrogen) atoms. The lowest BCUT2D eigenvalue weighted by Gasteiger charge is -2.03. The zero-order valence-corrected chi connectivity index (χ0v) is 8.28. The monoisotopic (exact) mass is 234 g/mol. The lowest BCUT2D eigenvalue weighted by molar-refractivity contribution is 0.382. The highest BCUT2D eigenvalue weighted by molar-refractivity contribution is 9.09. The van der Waals surface area contributed by atoms with E-state index in [0.717, 1.165) is 4.90 Å². The van der Waals surface area contributed by atoms with Crippen molar-refractivity contribution in [2.75, 3.05) is 5.33 Å². The standard InChI is InChI=1S/C8H8BrFS/c9-5-8(10)6-2-1-3-7(11)4-6/h1-4,8,11H,5H2. The fourth-order valence-electron chi connectivity index (χ4n) is 0.809. The van der Waals surface area contributed by atoms with Crippen molar-refractivity contribution in [2.24, 2.45) is 0 Å². The minimum Gasteiger partial charge on any atom is -0.241 e. The number of halogens is 2. The molecule has 1 unspecified atom stereocenters. The quantitative estimate of drug-likeness (QED) is 0.589. The Morgan fingerprint density at radius 3 is 2.82 bits per heavy atom. The molecule has 60 valence electrons. The van der Waals surface area contributed by atoms with Crippen LogP contribution < -0.4 is 0 Å². The molecular formula is C8H8BrFS. The molecule has 0 heterocycles. The maximum absolute atomic E-state index is 13.0. The van der Waals surface area contributed by atoms with Gasteiger partial charge in [-0.25, -0.2) is 4.39 Å².